The standard InChI is InChI=1S/C14H19NO4/c16-14(17)11-12-1-3-13(4-2-12)19-10-7-15-5-8-18-9-6-15/h1-4H,5-11H2,(H,16,17). The van der Waals surface area contributed by atoms with Gasteiger partial charge >= 0.3 is 5.97 Å². The van der Waals surface area contributed by atoms with Gasteiger partial charge in [-0.25, -0.2) is 0 Å². The lowest BCUT2D eigenvalue weighted by molar-refractivity contribution is -0.136. The molecule has 1 fully saturated rings. The van der Waals surface area contributed by atoms with Gasteiger partial charge in [0.15, 0.2) is 0 Å². The van der Waals surface area contributed by atoms with Crippen molar-refractivity contribution in [3.63, 3.8) is 0 Å². The number of carboxylic acid groups (broad SMARTS) is 1. The molecule has 0 atom stereocenters. The lowest BCUT2D eigenvalue weighted by atomic mass is 10.1. The molecule has 2 rings (SSSR count). The predicted octanol–water partition coefficient (Wildman–Crippen LogP) is 1.02. The van der Waals surface area contributed by atoms with Gasteiger partial charge < -0.3 is 14.6 Å². The number of ether oxygens (including phenoxy) is 2. The minimum Gasteiger partial charge on any atom is -0.492 e. The Morgan fingerprint density at radius 2 is 1.95 bits per heavy atom. The summed E-state index contributed by atoms with van der Waals surface area (Å²) in [4.78, 5) is 12.9. The van der Waals surface area contributed by atoms with Gasteiger partial charge in [0, 0.05) is 19.6 Å². The smallest absolute Gasteiger partial charge is 0.307 e. The molecule has 0 aliphatic carbocycles. The summed E-state index contributed by atoms with van der Waals surface area (Å²) in [6, 6.07) is 7.21. The Balaban J connectivity index is 1.71. The highest BCUT2D eigenvalue weighted by Crippen LogP contribution is 2.12. The molecule has 1 aromatic rings. The lowest BCUT2D eigenvalue weighted by Crippen LogP contribution is -2.38. The van der Waals surface area contributed by atoms with Crippen molar-refractivity contribution in [2.75, 3.05) is 39.5 Å². The molecule has 5 heteroatoms. The number of hydrogen-bond acceptors (Lipinski definition) is 4. The zero-order valence-electron chi connectivity index (χ0n) is 10.9. The fourth-order valence-corrected chi connectivity index (χ4v) is 2.00. The number of hydrogen-bond donors (Lipinski definition) is 1. The molecule has 1 aliphatic rings. The molecule has 19 heavy (non-hydrogen) atoms. The van der Waals surface area contributed by atoms with E-state index in [1.165, 1.54) is 0 Å². The van der Waals surface area contributed by atoms with Crippen molar-refractivity contribution >= 4 is 5.97 Å². The molecule has 0 amide bonds. The summed E-state index contributed by atoms with van der Waals surface area (Å²) >= 11 is 0. The number of nitrogens with zero attached hydrogens (tertiary/aromatic N) is 1. The summed E-state index contributed by atoms with van der Waals surface area (Å²) in [5, 5.41) is 8.67. The normalized spacial score (nSPS) is 16.2. The number of morpholine rings is 1. The van der Waals surface area contributed by atoms with E-state index in [1.54, 1.807) is 12.1 Å². The molecule has 1 heterocycles. The van der Waals surface area contributed by atoms with Crippen LogP contribution in [0.15, 0.2) is 24.3 Å². The van der Waals surface area contributed by atoms with Crippen LogP contribution in [0.4, 0.5) is 0 Å². The van der Waals surface area contributed by atoms with Crippen LogP contribution in [-0.4, -0.2) is 55.4 Å². The first kappa shape index (κ1) is 13.8. The Hall–Kier alpha value is -1.59. The summed E-state index contributed by atoms with van der Waals surface area (Å²) in [6.07, 6.45) is 0.0497. The number of aliphatic carboxylic acids is 1. The van der Waals surface area contributed by atoms with Crippen LogP contribution >= 0.6 is 0 Å². The summed E-state index contributed by atoms with van der Waals surface area (Å²) in [5.74, 6) is -0.0385. The Morgan fingerprint density at radius 3 is 2.58 bits per heavy atom. The van der Waals surface area contributed by atoms with E-state index in [1.807, 2.05) is 12.1 Å². The number of rotatable bonds is 6. The molecule has 0 saturated carbocycles. The van der Waals surface area contributed by atoms with Crippen LogP contribution in [0.1, 0.15) is 5.56 Å². The third-order valence-corrected chi connectivity index (χ3v) is 3.06. The maximum absolute atomic E-state index is 10.6. The van der Waals surface area contributed by atoms with Gasteiger partial charge in [0.25, 0.3) is 0 Å². The fourth-order valence-electron chi connectivity index (χ4n) is 2.00. The van der Waals surface area contributed by atoms with Crippen molar-refractivity contribution in [3.05, 3.63) is 29.8 Å². The van der Waals surface area contributed by atoms with Crippen molar-refractivity contribution in [1.82, 2.24) is 4.90 Å². The van der Waals surface area contributed by atoms with Crippen molar-refractivity contribution in [1.29, 1.82) is 0 Å². The maximum Gasteiger partial charge on any atom is 0.307 e. The van der Waals surface area contributed by atoms with Crippen molar-refractivity contribution < 1.29 is 19.4 Å². The number of carboxylic acids is 1. The quantitative estimate of drug-likeness (QED) is 0.832. The average Bonchev–Trinajstić information content (AvgIpc) is 2.41. The zero-order valence-corrected chi connectivity index (χ0v) is 10.9. The molecule has 0 spiro atoms. The molecule has 0 unspecified atom stereocenters. The topological polar surface area (TPSA) is 59.0 Å². The summed E-state index contributed by atoms with van der Waals surface area (Å²) in [5.41, 5.74) is 0.785. The first-order chi connectivity index (χ1) is 9.24. The molecule has 0 aromatic heterocycles. The van der Waals surface area contributed by atoms with Crippen LogP contribution in [0, 0.1) is 0 Å². The first-order valence-electron chi connectivity index (χ1n) is 6.48. The van der Waals surface area contributed by atoms with Crippen molar-refractivity contribution in [3.8, 4) is 5.75 Å². The highest BCUT2D eigenvalue weighted by Gasteiger charge is 2.09. The van der Waals surface area contributed by atoms with E-state index in [9.17, 15) is 4.79 Å². The van der Waals surface area contributed by atoms with E-state index in [2.05, 4.69) is 4.90 Å². The SMILES string of the molecule is O=C(O)Cc1ccc(OCCN2CCOCC2)cc1. The van der Waals surface area contributed by atoms with E-state index >= 15 is 0 Å². The average molecular weight is 265 g/mol. The Kier molecular flexibility index (Phi) is 5.18. The van der Waals surface area contributed by atoms with Gasteiger partial charge in [-0.3, -0.25) is 9.69 Å². The highest BCUT2D eigenvalue weighted by molar-refractivity contribution is 5.70. The molecule has 1 N–H and O–H groups in total. The monoisotopic (exact) mass is 265 g/mol. The molecule has 0 radical (unpaired) electrons. The van der Waals surface area contributed by atoms with Gasteiger partial charge in [0.2, 0.25) is 0 Å². The predicted molar refractivity (Wildman–Crippen MR) is 70.5 cm³/mol. The maximum atomic E-state index is 10.6. The van der Waals surface area contributed by atoms with Crippen LogP contribution in [0.25, 0.3) is 0 Å². The molecule has 104 valence electrons. The molecule has 0 bridgehead atoms. The minimum absolute atomic E-state index is 0.0497. The van der Waals surface area contributed by atoms with Crippen LogP contribution in [-0.2, 0) is 16.0 Å². The van der Waals surface area contributed by atoms with Gasteiger partial charge in [-0.05, 0) is 17.7 Å². The summed E-state index contributed by atoms with van der Waals surface area (Å²) < 4.78 is 10.9. The summed E-state index contributed by atoms with van der Waals surface area (Å²) in [7, 11) is 0. The van der Waals surface area contributed by atoms with Gasteiger partial charge in [-0.1, -0.05) is 12.1 Å². The van der Waals surface area contributed by atoms with E-state index in [4.69, 9.17) is 14.6 Å². The molecule has 1 aromatic carbocycles. The lowest BCUT2D eigenvalue weighted by Gasteiger charge is -2.26. The largest absolute Gasteiger partial charge is 0.492 e. The van der Waals surface area contributed by atoms with Gasteiger partial charge in [-0.15, -0.1) is 0 Å². The van der Waals surface area contributed by atoms with Crippen molar-refractivity contribution in [2.24, 2.45) is 0 Å². The van der Waals surface area contributed by atoms with Gasteiger partial charge in [0.1, 0.15) is 12.4 Å². The first-order valence-corrected chi connectivity index (χ1v) is 6.48. The Bertz CT molecular complexity index is 398. The number of carbonyl (C=O) groups is 1. The third-order valence-electron chi connectivity index (χ3n) is 3.06. The molecular weight excluding hydrogens is 246 g/mol. The van der Waals surface area contributed by atoms with Gasteiger partial charge in [0.05, 0.1) is 19.6 Å². The van der Waals surface area contributed by atoms with Crippen LogP contribution < -0.4 is 4.74 Å². The third kappa shape index (κ3) is 4.89. The molecule has 1 aliphatic heterocycles. The van der Waals surface area contributed by atoms with Crippen LogP contribution in [0.5, 0.6) is 5.75 Å². The molecular formula is C14H19NO4. The second kappa shape index (κ2) is 7.11. The highest BCUT2D eigenvalue weighted by atomic mass is 16.5. The van der Waals surface area contributed by atoms with Gasteiger partial charge in [-0.2, -0.15) is 0 Å². The Morgan fingerprint density at radius 1 is 1.26 bits per heavy atom. The number of benzene rings is 1. The minimum atomic E-state index is -0.819. The molecule has 5 nitrogen and oxygen atoms in total. The van der Waals surface area contributed by atoms with E-state index in [0.717, 1.165) is 44.2 Å². The Labute approximate surface area is 112 Å². The summed E-state index contributed by atoms with van der Waals surface area (Å²) in [6.45, 7) is 5.04. The fraction of sp³-hybridized carbons (Fsp3) is 0.500. The van der Waals surface area contributed by atoms with Crippen molar-refractivity contribution in [2.45, 2.75) is 6.42 Å². The second-order valence-electron chi connectivity index (χ2n) is 4.52. The molecule has 1 saturated heterocycles. The van der Waals surface area contributed by atoms with E-state index in [0.29, 0.717) is 6.61 Å². The second-order valence-corrected chi connectivity index (χ2v) is 4.52. The van der Waals surface area contributed by atoms with E-state index < -0.39 is 5.97 Å². The van der Waals surface area contributed by atoms with E-state index in [-0.39, 0.29) is 6.42 Å². The zero-order chi connectivity index (χ0) is 13.5. The van der Waals surface area contributed by atoms with Crippen LogP contribution in [0.3, 0.4) is 0 Å². The van der Waals surface area contributed by atoms with Crippen LogP contribution in [0.2, 0.25) is 0 Å².